The molecule has 0 aliphatic carbocycles. The average molecular weight is 273 g/mol. The Bertz CT molecular complexity index is 632. The van der Waals surface area contributed by atoms with Crippen LogP contribution in [0.2, 0.25) is 0 Å². The molecule has 20 heavy (non-hydrogen) atoms. The molecule has 2 rings (SSSR count). The van der Waals surface area contributed by atoms with Crippen molar-refractivity contribution in [3.63, 3.8) is 0 Å². The molecule has 4 heteroatoms. The van der Waals surface area contributed by atoms with Crippen LogP contribution in [0.1, 0.15) is 24.2 Å². The van der Waals surface area contributed by atoms with E-state index in [0.29, 0.717) is 18.9 Å². The second kappa shape index (κ2) is 6.39. The van der Waals surface area contributed by atoms with Gasteiger partial charge in [0, 0.05) is 17.8 Å². The van der Waals surface area contributed by atoms with E-state index in [1.54, 1.807) is 23.8 Å². The Hall–Kier alpha value is -2.07. The van der Waals surface area contributed by atoms with Crippen molar-refractivity contribution >= 4 is 0 Å². The van der Waals surface area contributed by atoms with Gasteiger partial charge in [-0.1, -0.05) is 17.7 Å². The van der Waals surface area contributed by atoms with Crippen LogP contribution in [0.4, 0.5) is 0 Å². The predicted molar refractivity (Wildman–Crippen MR) is 78.0 cm³/mol. The number of hydrogen-bond acceptors (Lipinski definition) is 3. The maximum absolute atomic E-state index is 11.5. The molecule has 1 atom stereocenters. The molecule has 4 nitrogen and oxygen atoms in total. The highest BCUT2D eigenvalue weighted by molar-refractivity contribution is 5.38. The molecule has 0 unspecified atom stereocenters. The van der Waals surface area contributed by atoms with Crippen LogP contribution in [0.5, 0.6) is 5.75 Å². The Balaban J connectivity index is 2.05. The van der Waals surface area contributed by atoms with Crippen molar-refractivity contribution in [2.24, 2.45) is 0 Å². The van der Waals surface area contributed by atoms with Crippen molar-refractivity contribution in [2.45, 2.75) is 26.5 Å². The maximum Gasteiger partial charge on any atom is 0.250 e. The number of hydrogen-bond donors (Lipinski definition) is 1. The summed E-state index contributed by atoms with van der Waals surface area (Å²) >= 11 is 0. The summed E-state index contributed by atoms with van der Waals surface area (Å²) < 4.78 is 7.29. The number of aryl methyl sites for hydroxylation is 1. The fraction of sp³-hybridized carbons (Fsp3) is 0.312. The Morgan fingerprint density at radius 2 is 2.10 bits per heavy atom. The van der Waals surface area contributed by atoms with Crippen molar-refractivity contribution in [2.75, 3.05) is 6.61 Å². The molecule has 0 fully saturated rings. The number of pyridine rings is 1. The van der Waals surface area contributed by atoms with Crippen LogP contribution < -0.4 is 10.3 Å². The smallest absolute Gasteiger partial charge is 0.250 e. The molecule has 1 aromatic heterocycles. The first-order valence-corrected chi connectivity index (χ1v) is 6.65. The second-order valence-electron chi connectivity index (χ2n) is 4.80. The van der Waals surface area contributed by atoms with E-state index in [9.17, 15) is 9.90 Å². The summed E-state index contributed by atoms with van der Waals surface area (Å²) in [6, 6.07) is 10.8. The molecule has 0 radical (unpaired) electrons. The van der Waals surface area contributed by atoms with Crippen LogP contribution in [0.25, 0.3) is 0 Å². The SMILES string of the molecule is Cc1ccc(OCCn2ccccc2=O)c([C@@H](C)O)c1. The van der Waals surface area contributed by atoms with Gasteiger partial charge in [0.05, 0.1) is 12.6 Å². The summed E-state index contributed by atoms with van der Waals surface area (Å²) in [5.41, 5.74) is 1.80. The van der Waals surface area contributed by atoms with Gasteiger partial charge in [-0.15, -0.1) is 0 Å². The number of rotatable bonds is 5. The number of nitrogens with zero attached hydrogens (tertiary/aromatic N) is 1. The normalized spacial score (nSPS) is 12.2. The average Bonchev–Trinajstić information content (AvgIpc) is 2.42. The molecule has 0 aliphatic heterocycles. The highest BCUT2D eigenvalue weighted by atomic mass is 16.5. The van der Waals surface area contributed by atoms with Crippen molar-refractivity contribution in [1.29, 1.82) is 0 Å². The lowest BCUT2D eigenvalue weighted by atomic mass is 10.1. The fourth-order valence-corrected chi connectivity index (χ4v) is 2.03. The van der Waals surface area contributed by atoms with Gasteiger partial charge >= 0.3 is 0 Å². The van der Waals surface area contributed by atoms with Gasteiger partial charge in [0.25, 0.3) is 5.56 Å². The maximum atomic E-state index is 11.5. The monoisotopic (exact) mass is 273 g/mol. The number of aromatic nitrogens is 1. The van der Waals surface area contributed by atoms with Crippen LogP contribution in [-0.4, -0.2) is 16.3 Å². The molecular weight excluding hydrogens is 254 g/mol. The summed E-state index contributed by atoms with van der Waals surface area (Å²) in [5.74, 6) is 0.662. The number of aliphatic hydroxyl groups is 1. The largest absolute Gasteiger partial charge is 0.491 e. The summed E-state index contributed by atoms with van der Waals surface area (Å²) in [6.07, 6.45) is 1.15. The highest BCUT2D eigenvalue weighted by Gasteiger charge is 2.09. The van der Waals surface area contributed by atoms with Crippen LogP contribution in [0.15, 0.2) is 47.4 Å². The molecule has 1 N–H and O–H groups in total. The van der Waals surface area contributed by atoms with Gasteiger partial charge in [-0.3, -0.25) is 4.79 Å². The second-order valence-corrected chi connectivity index (χ2v) is 4.80. The lowest BCUT2D eigenvalue weighted by Gasteiger charge is -2.14. The zero-order valence-corrected chi connectivity index (χ0v) is 11.7. The zero-order chi connectivity index (χ0) is 14.5. The lowest BCUT2D eigenvalue weighted by Crippen LogP contribution is -2.21. The molecule has 0 spiro atoms. The summed E-state index contributed by atoms with van der Waals surface area (Å²) in [4.78, 5) is 11.5. The van der Waals surface area contributed by atoms with E-state index in [0.717, 1.165) is 11.1 Å². The highest BCUT2D eigenvalue weighted by Crippen LogP contribution is 2.26. The van der Waals surface area contributed by atoms with Crippen LogP contribution in [-0.2, 0) is 6.54 Å². The Morgan fingerprint density at radius 1 is 1.30 bits per heavy atom. The molecule has 0 aliphatic rings. The van der Waals surface area contributed by atoms with Crippen molar-refractivity contribution < 1.29 is 9.84 Å². The fourth-order valence-electron chi connectivity index (χ4n) is 2.03. The Kier molecular flexibility index (Phi) is 4.58. The first kappa shape index (κ1) is 14.3. The quantitative estimate of drug-likeness (QED) is 0.909. The molecule has 1 heterocycles. The molecule has 0 saturated heterocycles. The number of aliphatic hydroxyl groups excluding tert-OH is 1. The minimum atomic E-state index is -0.579. The van der Waals surface area contributed by atoms with Crippen molar-refractivity contribution in [1.82, 2.24) is 4.57 Å². The molecule has 0 bridgehead atoms. The zero-order valence-electron chi connectivity index (χ0n) is 11.7. The van der Waals surface area contributed by atoms with Crippen LogP contribution in [0, 0.1) is 6.92 Å². The summed E-state index contributed by atoms with van der Waals surface area (Å²) in [5, 5.41) is 9.75. The Labute approximate surface area is 118 Å². The third kappa shape index (κ3) is 3.48. The molecule has 106 valence electrons. The Morgan fingerprint density at radius 3 is 2.80 bits per heavy atom. The van der Waals surface area contributed by atoms with Gasteiger partial charge in [-0.2, -0.15) is 0 Å². The predicted octanol–water partition coefficient (Wildman–Crippen LogP) is 2.29. The van der Waals surface area contributed by atoms with Crippen molar-refractivity contribution in [3.05, 3.63) is 64.1 Å². The standard InChI is InChI=1S/C16H19NO3/c1-12-6-7-15(14(11-12)13(2)18)20-10-9-17-8-4-3-5-16(17)19/h3-8,11,13,18H,9-10H2,1-2H3/t13-/m1/s1. The number of ether oxygens (including phenoxy) is 1. The van der Waals surface area contributed by atoms with Gasteiger partial charge < -0.3 is 14.4 Å². The number of benzene rings is 1. The van der Waals surface area contributed by atoms with E-state index in [2.05, 4.69) is 0 Å². The van der Waals surface area contributed by atoms with E-state index in [1.807, 2.05) is 31.2 Å². The molecule has 0 saturated carbocycles. The van der Waals surface area contributed by atoms with E-state index in [4.69, 9.17) is 4.74 Å². The first-order chi connectivity index (χ1) is 9.58. The molecule has 2 aromatic rings. The van der Waals surface area contributed by atoms with Gasteiger partial charge in [0.2, 0.25) is 0 Å². The molecular formula is C16H19NO3. The van der Waals surface area contributed by atoms with E-state index in [1.165, 1.54) is 6.07 Å². The third-order valence-corrected chi connectivity index (χ3v) is 3.10. The van der Waals surface area contributed by atoms with Gasteiger partial charge in [-0.25, -0.2) is 0 Å². The van der Waals surface area contributed by atoms with E-state index in [-0.39, 0.29) is 5.56 Å². The van der Waals surface area contributed by atoms with Gasteiger partial charge in [0.1, 0.15) is 12.4 Å². The summed E-state index contributed by atoms with van der Waals surface area (Å²) in [7, 11) is 0. The first-order valence-electron chi connectivity index (χ1n) is 6.65. The van der Waals surface area contributed by atoms with E-state index >= 15 is 0 Å². The van der Waals surface area contributed by atoms with Crippen molar-refractivity contribution in [3.8, 4) is 5.75 Å². The van der Waals surface area contributed by atoms with Gasteiger partial charge in [0.15, 0.2) is 0 Å². The van der Waals surface area contributed by atoms with Crippen LogP contribution >= 0.6 is 0 Å². The minimum Gasteiger partial charge on any atom is -0.491 e. The molecule has 0 amide bonds. The lowest BCUT2D eigenvalue weighted by molar-refractivity contribution is 0.190. The third-order valence-electron chi connectivity index (χ3n) is 3.10. The topological polar surface area (TPSA) is 51.5 Å². The van der Waals surface area contributed by atoms with Crippen LogP contribution in [0.3, 0.4) is 0 Å². The molecule has 1 aromatic carbocycles. The summed E-state index contributed by atoms with van der Waals surface area (Å²) in [6.45, 7) is 4.54. The van der Waals surface area contributed by atoms with Gasteiger partial charge in [-0.05, 0) is 32.0 Å². The van der Waals surface area contributed by atoms with E-state index < -0.39 is 6.10 Å². The minimum absolute atomic E-state index is 0.0456.